The number of nitrogens with zero attached hydrogens (tertiary/aromatic N) is 3. The molecule has 0 N–H and O–H groups in total. The first-order chi connectivity index (χ1) is 15.0. The summed E-state index contributed by atoms with van der Waals surface area (Å²) < 4.78 is 16.7. The lowest BCUT2D eigenvalue weighted by Gasteiger charge is -2.09. The number of furan rings is 1. The van der Waals surface area contributed by atoms with E-state index in [0.29, 0.717) is 28.1 Å². The minimum atomic E-state index is -0.481. The van der Waals surface area contributed by atoms with Crippen molar-refractivity contribution in [3.8, 4) is 11.3 Å². The summed E-state index contributed by atoms with van der Waals surface area (Å²) in [7, 11) is 0. The molecule has 0 radical (unpaired) electrons. The van der Waals surface area contributed by atoms with E-state index in [1.807, 2.05) is 50.2 Å². The number of hydrogen-bond donors (Lipinski definition) is 0. The van der Waals surface area contributed by atoms with E-state index >= 15 is 0 Å². The van der Waals surface area contributed by atoms with Crippen molar-refractivity contribution in [3.63, 3.8) is 0 Å². The average Bonchev–Trinajstić information content (AvgIpc) is 3.32. The van der Waals surface area contributed by atoms with Gasteiger partial charge >= 0.3 is 5.97 Å². The molecule has 0 aliphatic heterocycles. The van der Waals surface area contributed by atoms with Gasteiger partial charge in [-0.3, -0.25) is 4.98 Å². The predicted molar refractivity (Wildman–Crippen MR) is 115 cm³/mol. The Morgan fingerprint density at radius 2 is 1.94 bits per heavy atom. The molecule has 154 valence electrons. The molecule has 0 bridgehead atoms. The molecule has 4 aromatic heterocycles. The summed E-state index contributed by atoms with van der Waals surface area (Å²) in [5, 5.41) is 5.52. The van der Waals surface area contributed by atoms with Gasteiger partial charge in [-0.05, 0) is 39.0 Å². The van der Waals surface area contributed by atoms with Crippen molar-refractivity contribution >= 4 is 28.0 Å². The molecule has 7 heteroatoms. The van der Waals surface area contributed by atoms with Gasteiger partial charge in [0.15, 0.2) is 0 Å². The zero-order chi connectivity index (χ0) is 21.5. The van der Waals surface area contributed by atoms with Gasteiger partial charge < -0.3 is 13.7 Å². The topological polar surface area (TPSA) is 91.2 Å². The Bertz CT molecular complexity index is 1440. The molecule has 0 aliphatic carbocycles. The summed E-state index contributed by atoms with van der Waals surface area (Å²) in [6, 6.07) is 13.2. The van der Waals surface area contributed by atoms with Crippen LogP contribution in [0.15, 0.2) is 57.6 Å². The zero-order valence-corrected chi connectivity index (χ0v) is 17.3. The normalized spacial score (nSPS) is 11.3. The van der Waals surface area contributed by atoms with Crippen molar-refractivity contribution in [1.29, 1.82) is 0 Å². The van der Waals surface area contributed by atoms with Crippen molar-refractivity contribution in [2.45, 2.75) is 27.4 Å². The molecule has 5 rings (SSSR count). The van der Waals surface area contributed by atoms with E-state index in [4.69, 9.17) is 13.7 Å². The van der Waals surface area contributed by atoms with E-state index < -0.39 is 5.97 Å². The fourth-order valence-corrected chi connectivity index (χ4v) is 3.78. The summed E-state index contributed by atoms with van der Waals surface area (Å²) in [6.45, 7) is 5.58. The maximum absolute atomic E-state index is 13.1. The van der Waals surface area contributed by atoms with Crippen molar-refractivity contribution < 1.29 is 18.5 Å². The molecule has 1 aromatic carbocycles. The summed E-state index contributed by atoms with van der Waals surface area (Å²) >= 11 is 0. The lowest BCUT2D eigenvalue weighted by atomic mass is 10.1. The van der Waals surface area contributed by atoms with Crippen LogP contribution in [-0.2, 0) is 11.3 Å². The number of carbonyl (C=O) groups excluding carboxylic acids is 1. The van der Waals surface area contributed by atoms with E-state index in [1.165, 1.54) is 0 Å². The van der Waals surface area contributed by atoms with Crippen LogP contribution < -0.4 is 0 Å². The first-order valence-corrected chi connectivity index (χ1v) is 9.85. The Morgan fingerprint density at radius 3 is 2.74 bits per heavy atom. The van der Waals surface area contributed by atoms with E-state index in [-0.39, 0.29) is 12.3 Å². The highest BCUT2D eigenvalue weighted by molar-refractivity contribution is 6.04. The molecule has 4 heterocycles. The maximum Gasteiger partial charge on any atom is 0.339 e. The molecule has 0 atom stereocenters. The standard InChI is InChI=1S/C24H19N3O4/c1-13-10-18(15(3)30-13)20-11-19(21-14(2)27-31-23(21)26-20)24(28)29-12-17-7-4-6-16-8-5-9-25-22(16)17/h4-11H,12H2,1-3H3. The van der Waals surface area contributed by atoms with Gasteiger partial charge in [-0.25, -0.2) is 9.78 Å². The van der Waals surface area contributed by atoms with E-state index in [1.54, 1.807) is 19.2 Å². The van der Waals surface area contributed by atoms with Crippen LogP contribution in [0.4, 0.5) is 0 Å². The van der Waals surface area contributed by atoms with Crippen LogP contribution in [0.5, 0.6) is 0 Å². The molecule has 0 aliphatic rings. The highest BCUT2D eigenvalue weighted by Crippen LogP contribution is 2.31. The fraction of sp³-hybridized carbons (Fsp3) is 0.167. The number of benzene rings is 1. The molecule has 0 saturated carbocycles. The van der Waals surface area contributed by atoms with Crippen LogP contribution in [0, 0.1) is 20.8 Å². The second-order valence-corrected chi connectivity index (χ2v) is 7.40. The summed E-state index contributed by atoms with van der Waals surface area (Å²) in [5.74, 6) is 0.989. The van der Waals surface area contributed by atoms with Crippen LogP contribution in [0.3, 0.4) is 0 Å². The molecule has 31 heavy (non-hydrogen) atoms. The zero-order valence-electron chi connectivity index (χ0n) is 17.3. The summed E-state index contributed by atoms with van der Waals surface area (Å²) in [5.41, 5.74) is 4.21. The molecule has 0 amide bonds. The number of aryl methyl sites for hydroxylation is 3. The second-order valence-electron chi connectivity index (χ2n) is 7.40. The van der Waals surface area contributed by atoms with Crippen molar-refractivity contribution in [2.75, 3.05) is 0 Å². The molecule has 0 unspecified atom stereocenters. The molecule has 7 nitrogen and oxygen atoms in total. The number of carbonyl (C=O) groups is 1. The highest BCUT2D eigenvalue weighted by Gasteiger charge is 2.22. The quantitative estimate of drug-likeness (QED) is 0.369. The monoisotopic (exact) mass is 413 g/mol. The minimum Gasteiger partial charge on any atom is -0.466 e. The third-order valence-electron chi connectivity index (χ3n) is 5.23. The van der Waals surface area contributed by atoms with Crippen LogP contribution in [0.25, 0.3) is 33.3 Å². The van der Waals surface area contributed by atoms with Gasteiger partial charge in [-0.2, -0.15) is 0 Å². The first-order valence-electron chi connectivity index (χ1n) is 9.85. The number of ether oxygens (including phenoxy) is 1. The van der Waals surface area contributed by atoms with Gasteiger partial charge in [0, 0.05) is 22.7 Å². The third-order valence-corrected chi connectivity index (χ3v) is 5.23. The SMILES string of the molecule is Cc1cc(-c2cc(C(=O)OCc3cccc4cccnc34)c3c(C)noc3n2)c(C)o1. The fourth-order valence-electron chi connectivity index (χ4n) is 3.78. The van der Waals surface area contributed by atoms with Crippen LogP contribution >= 0.6 is 0 Å². The molecular weight excluding hydrogens is 394 g/mol. The van der Waals surface area contributed by atoms with Crippen LogP contribution in [0.2, 0.25) is 0 Å². The van der Waals surface area contributed by atoms with Gasteiger partial charge in [0.1, 0.15) is 18.1 Å². The second kappa shape index (κ2) is 7.36. The Labute approximate surface area is 177 Å². The lowest BCUT2D eigenvalue weighted by Crippen LogP contribution is -2.07. The largest absolute Gasteiger partial charge is 0.466 e. The highest BCUT2D eigenvalue weighted by atomic mass is 16.5. The third kappa shape index (κ3) is 3.34. The molecule has 5 aromatic rings. The van der Waals surface area contributed by atoms with E-state index in [0.717, 1.165) is 27.8 Å². The molecule has 0 fully saturated rings. The Morgan fingerprint density at radius 1 is 1.10 bits per heavy atom. The van der Waals surface area contributed by atoms with Crippen molar-refractivity contribution in [1.82, 2.24) is 15.1 Å². The smallest absolute Gasteiger partial charge is 0.339 e. The number of aromatic nitrogens is 3. The molecule has 0 saturated heterocycles. The average molecular weight is 413 g/mol. The van der Waals surface area contributed by atoms with Crippen molar-refractivity contribution in [2.24, 2.45) is 0 Å². The number of pyridine rings is 2. The van der Waals surface area contributed by atoms with Crippen LogP contribution in [0.1, 0.15) is 33.1 Å². The minimum absolute atomic E-state index is 0.0977. The van der Waals surface area contributed by atoms with E-state index in [9.17, 15) is 4.79 Å². The Balaban J connectivity index is 1.53. The van der Waals surface area contributed by atoms with Crippen molar-refractivity contribution in [3.05, 3.63) is 77.0 Å². The van der Waals surface area contributed by atoms with Gasteiger partial charge in [-0.15, -0.1) is 0 Å². The Hall–Kier alpha value is -4.00. The number of para-hydroxylation sites is 1. The summed E-state index contributed by atoms with van der Waals surface area (Å²) in [6.07, 6.45) is 1.72. The van der Waals surface area contributed by atoms with E-state index in [2.05, 4.69) is 15.1 Å². The number of esters is 1. The van der Waals surface area contributed by atoms with Gasteiger partial charge in [-0.1, -0.05) is 29.4 Å². The number of fused-ring (bicyclic) bond motifs is 2. The Kier molecular flexibility index (Phi) is 4.51. The maximum atomic E-state index is 13.1. The first kappa shape index (κ1) is 19.0. The lowest BCUT2D eigenvalue weighted by molar-refractivity contribution is 0.0476. The van der Waals surface area contributed by atoms with Gasteiger partial charge in [0.05, 0.1) is 27.9 Å². The summed E-state index contributed by atoms with van der Waals surface area (Å²) in [4.78, 5) is 22.1. The predicted octanol–water partition coefficient (Wildman–Crippen LogP) is 5.31. The molecular formula is C24H19N3O4. The van der Waals surface area contributed by atoms with Gasteiger partial charge in [0.25, 0.3) is 5.71 Å². The van der Waals surface area contributed by atoms with Crippen LogP contribution in [-0.4, -0.2) is 21.1 Å². The number of hydrogen-bond acceptors (Lipinski definition) is 7. The van der Waals surface area contributed by atoms with Gasteiger partial charge in [0.2, 0.25) is 0 Å². The molecule has 0 spiro atoms. The number of rotatable bonds is 4.